The first-order valence-electron chi connectivity index (χ1n) is 11.1. The van der Waals surface area contributed by atoms with Gasteiger partial charge in [0.2, 0.25) is 29.0 Å². The molecule has 6 rings (SSSR count). The molecule has 1 aliphatic carbocycles. The van der Waals surface area contributed by atoms with Crippen LogP contribution in [0.3, 0.4) is 0 Å². The van der Waals surface area contributed by atoms with Crippen LogP contribution in [0.1, 0.15) is 32.4 Å². The lowest BCUT2D eigenvalue weighted by Crippen LogP contribution is -2.51. The van der Waals surface area contributed by atoms with E-state index in [9.17, 15) is 19.2 Å². The summed E-state index contributed by atoms with van der Waals surface area (Å²) < 4.78 is 11.4. The molecule has 9 heteroatoms. The molecule has 36 heavy (non-hydrogen) atoms. The fraction of sp³-hybridized carbons (Fsp3) is 0.185. The molecule has 0 radical (unpaired) electrons. The van der Waals surface area contributed by atoms with Crippen molar-refractivity contribution in [2.75, 3.05) is 12.0 Å². The fourth-order valence-electron chi connectivity index (χ4n) is 5.53. The second kappa shape index (κ2) is 8.00. The maximum atomic E-state index is 13.9. The molecule has 7 nitrogen and oxygen atoms in total. The van der Waals surface area contributed by atoms with Crippen LogP contribution in [0.5, 0.6) is 5.75 Å². The van der Waals surface area contributed by atoms with Crippen molar-refractivity contribution in [1.82, 2.24) is 0 Å². The lowest BCUT2D eigenvalue weighted by Gasteiger charge is -2.27. The van der Waals surface area contributed by atoms with Crippen molar-refractivity contribution in [3.05, 3.63) is 93.5 Å². The van der Waals surface area contributed by atoms with E-state index in [1.165, 1.54) is 19.2 Å². The van der Waals surface area contributed by atoms with Crippen LogP contribution < -0.4 is 9.64 Å². The van der Waals surface area contributed by atoms with Gasteiger partial charge in [-0.3, -0.25) is 19.2 Å². The summed E-state index contributed by atoms with van der Waals surface area (Å²) in [7, 11) is 1.50. The summed E-state index contributed by atoms with van der Waals surface area (Å²) in [6, 6.07) is 17.5. The second-order valence-corrected chi connectivity index (χ2v) is 9.62. The van der Waals surface area contributed by atoms with E-state index in [4.69, 9.17) is 32.7 Å². The Kier molecular flexibility index (Phi) is 5.09. The second-order valence-electron chi connectivity index (χ2n) is 8.83. The van der Waals surface area contributed by atoms with Gasteiger partial charge < -0.3 is 9.47 Å². The topological polar surface area (TPSA) is 90.0 Å². The monoisotopic (exact) mass is 521 g/mol. The van der Waals surface area contributed by atoms with E-state index < -0.39 is 46.9 Å². The molecule has 3 aromatic carbocycles. The molecule has 0 unspecified atom stereocenters. The SMILES string of the molecule is COc1ccc(N2C(=O)[C@@H]3[C@@H](c4cccc(Cl)c4Cl)OC4(C(=O)c5ccccc5C4=O)[C@H]3C2=O)cc1. The predicted molar refractivity (Wildman–Crippen MR) is 131 cm³/mol. The third-order valence-corrected chi connectivity index (χ3v) is 7.97. The van der Waals surface area contributed by atoms with E-state index in [0.717, 1.165) is 4.90 Å². The van der Waals surface area contributed by atoms with E-state index in [2.05, 4.69) is 0 Å². The number of halogens is 2. The molecule has 0 N–H and O–H groups in total. The minimum Gasteiger partial charge on any atom is -0.497 e. The Morgan fingerprint density at radius 3 is 2.08 bits per heavy atom. The van der Waals surface area contributed by atoms with Crippen LogP contribution in [-0.2, 0) is 14.3 Å². The van der Waals surface area contributed by atoms with Crippen LogP contribution in [0.15, 0.2) is 66.7 Å². The third-order valence-electron chi connectivity index (χ3n) is 7.14. The van der Waals surface area contributed by atoms with E-state index in [1.807, 2.05) is 0 Å². The van der Waals surface area contributed by atoms with Gasteiger partial charge in [-0.15, -0.1) is 0 Å². The first-order chi connectivity index (χ1) is 17.3. The number of anilines is 1. The summed E-state index contributed by atoms with van der Waals surface area (Å²) in [5, 5.41) is 0.338. The summed E-state index contributed by atoms with van der Waals surface area (Å²) in [6.45, 7) is 0. The lowest BCUT2D eigenvalue weighted by atomic mass is 9.77. The van der Waals surface area contributed by atoms with Gasteiger partial charge in [0.05, 0.1) is 40.8 Å². The van der Waals surface area contributed by atoms with Crippen LogP contribution in [0, 0.1) is 11.8 Å². The van der Waals surface area contributed by atoms with E-state index >= 15 is 0 Å². The number of nitrogens with zero attached hydrogens (tertiary/aromatic N) is 1. The largest absolute Gasteiger partial charge is 0.497 e. The average molecular weight is 522 g/mol. The quantitative estimate of drug-likeness (QED) is 0.366. The van der Waals surface area contributed by atoms with Crippen molar-refractivity contribution in [3.8, 4) is 5.75 Å². The molecule has 3 atom stereocenters. The van der Waals surface area contributed by atoms with Gasteiger partial charge in [0.15, 0.2) is 0 Å². The van der Waals surface area contributed by atoms with Crippen LogP contribution in [0.2, 0.25) is 10.0 Å². The fourth-order valence-corrected chi connectivity index (χ4v) is 5.94. The van der Waals surface area contributed by atoms with E-state index in [0.29, 0.717) is 17.0 Å². The summed E-state index contributed by atoms with van der Waals surface area (Å²) in [5.41, 5.74) is -1.25. The smallest absolute Gasteiger partial charge is 0.241 e. The Morgan fingerprint density at radius 2 is 1.47 bits per heavy atom. The molecule has 3 aromatic rings. The first-order valence-corrected chi connectivity index (χ1v) is 11.9. The number of amides is 2. The first kappa shape index (κ1) is 22.9. The highest BCUT2D eigenvalue weighted by atomic mass is 35.5. The molecule has 0 saturated carbocycles. The Hall–Kier alpha value is -3.52. The average Bonchev–Trinajstić information content (AvgIpc) is 3.46. The number of benzene rings is 3. The van der Waals surface area contributed by atoms with E-state index in [-0.39, 0.29) is 21.2 Å². The van der Waals surface area contributed by atoms with Crippen molar-refractivity contribution in [2.45, 2.75) is 11.7 Å². The maximum absolute atomic E-state index is 13.9. The molecule has 2 heterocycles. The van der Waals surface area contributed by atoms with Crippen molar-refractivity contribution in [1.29, 1.82) is 0 Å². The van der Waals surface area contributed by atoms with Gasteiger partial charge in [-0.2, -0.15) is 0 Å². The number of ether oxygens (including phenoxy) is 2. The molecule has 0 aromatic heterocycles. The molecule has 2 aliphatic heterocycles. The minimum atomic E-state index is -2.18. The zero-order valence-corrected chi connectivity index (χ0v) is 20.2. The number of rotatable bonds is 3. The number of carbonyl (C=O) groups is 4. The summed E-state index contributed by atoms with van der Waals surface area (Å²) >= 11 is 12.7. The molecule has 1 spiro atoms. The number of fused-ring (bicyclic) bond motifs is 3. The van der Waals surface area contributed by atoms with E-state index in [1.54, 1.807) is 54.6 Å². The zero-order chi connectivity index (χ0) is 25.4. The maximum Gasteiger partial charge on any atom is 0.241 e. The Morgan fingerprint density at radius 1 is 0.833 bits per heavy atom. The Bertz CT molecular complexity index is 1450. The molecular weight excluding hydrogens is 505 g/mol. The van der Waals surface area contributed by atoms with Gasteiger partial charge >= 0.3 is 0 Å². The molecule has 2 saturated heterocycles. The molecule has 0 bridgehead atoms. The molecule has 2 fully saturated rings. The minimum absolute atomic E-state index is 0.124. The van der Waals surface area contributed by atoms with Gasteiger partial charge in [0.25, 0.3) is 0 Å². The Labute approximate surface area is 215 Å². The van der Waals surface area contributed by atoms with Gasteiger partial charge in [0, 0.05) is 16.7 Å². The molecule has 3 aliphatic rings. The highest BCUT2D eigenvalue weighted by Crippen LogP contribution is 2.58. The predicted octanol–water partition coefficient (Wildman–Crippen LogP) is 4.70. The number of imide groups is 1. The highest BCUT2D eigenvalue weighted by molar-refractivity contribution is 6.42. The number of Topliss-reactive ketones (excluding diaryl/α,β-unsaturated/α-hetero) is 2. The number of ketones is 2. The number of hydrogen-bond donors (Lipinski definition) is 0. The number of carbonyl (C=O) groups excluding carboxylic acids is 4. The summed E-state index contributed by atoms with van der Waals surface area (Å²) in [5.74, 6) is -4.57. The number of hydrogen-bond acceptors (Lipinski definition) is 6. The molecule has 2 amide bonds. The van der Waals surface area contributed by atoms with Gasteiger partial charge in [-0.25, -0.2) is 4.90 Å². The lowest BCUT2D eigenvalue weighted by molar-refractivity contribution is -0.127. The Balaban J connectivity index is 1.55. The van der Waals surface area contributed by atoms with Gasteiger partial charge in [-0.1, -0.05) is 59.6 Å². The van der Waals surface area contributed by atoms with Crippen molar-refractivity contribution < 1.29 is 28.7 Å². The van der Waals surface area contributed by atoms with Crippen LogP contribution in [0.4, 0.5) is 5.69 Å². The molecule has 180 valence electrons. The normalized spacial score (nSPS) is 24.0. The van der Waals surface area contributed by atoms with Crippen LogP contribution >= 0.6 is 23.2 Å². The standard InChI is InChI=1S/C27H17Cl2NO6/c1-35-14-11-9-13(10-12-14)30-25(33)19-20(26(30)34)27(23(31)15-5-2-3-6-16(15)24(27)32)36-22(19)17-7-4-8-18(28)21(17)29/h2-12,19-20,22H,1H3/t19-,20+,22+/m0/s1. The summed E-state index contributed by atoms with van der Waals surface area (Å²) in [4.78, 5) is 56.3. The van der Waals surface area contributed by atoms with Gasteiger partial charge in [0.1, 0.15) is 5.75 Å². The van der Waals surface area contributed by atoms with Gasteiger partial charge in [-0.05, 0) is 30.3 Å². The summed E-state index contributed by atoms with van der Waals surface area (Å²) in [6.07, 6.45) is -1.15. The highest BCUT2D eigenvalue weighted by Gasteiger charge is 2.75. The number of methoxy groups -OCH3 is 1. The van der Waals surface area contributed by atoms with Crippen molar-refractivity contribution in [3.63, 3.8) is 0 Å². The molecular formula is C27H17Cl2NO6. The van der Waals surface area contributed by atoms with Crippen LogP contribution in [-0.4, -0.2) is 36.1 Å². The van der Waals surface area contributed by atoms with Crippen molar-refractivity contribution >= 4 is 52.3 Å². The van der Waals surface area contributed by atoms with Crippen molar-refractivity contribution in [2.24, 2.45) is 11.8 Å². The third kappa shape index (κ3) is 2.85. The van der Waals surface area contributed by atoms with Crippen LogP contribution in [0.25, 0.3) is 0 Å². The zero-order valence-electron chi connectivity index (χ0n) is 18.7.